The maximum Gasteiger partial charge on any atom is 0.266 e. The van der Waals surface area contributed by atoms with Crippen LogP contribution >= 0.6 is 0 Å². The number of carbonyl (C=O) groups excluding carboxylic acids is 2. The fourth-order valence-electron chi connectivity index (χ4n) is 2.82. The molecule has 2 amide bonds. The minimum Gasteiger partial charge on any atom is -0.457 e. The maximum atomic E-state index is 12.5. The molecule has 0 unspecified atom stereocenters. The number of amides is 2. The number of anilines is 1. The van der Waals surface area contributed by atoms with Crippen molar-refractivity contribution in [3.05, 3.63) is 89.5 Å². The summed E-state index contributed by atoms with van der Waals surface area (Å²) < 4.78 is 5.71. The van der Waals surface area contributed by atoms with Gasteiger partial charge in [0, 0.05) is 0 Å². The zero-order chi connectivity index (χ0) is 18.1. The van der Waals surface area contributed by atoms with E-state index in [1.165, 1.54) is 0 Å². The normalized spacial score (nSPS) is 12.7. The van der Waals surface area contributed by atoms with Gasteiger partial charge in [-0.25, -0.2) is 4.90 Å². The first-order valence-electron chi connectivity index (χ1n) is 7.93. The molecule has 0 aromatic heterocycles. The third kappa shape index (κ3) is 2.60. The average Bonchev–Trinajstić information content (AvgIpc) is 2.94. The Hall–Kier alpha value is -3.91. The van der Waals surface area contributed by atoms with E-state index in [0.717, 1.165) is 4.90 Å². The summed E-state index contributed by atoms with van der Waals surface area (Å²) in [6.07, 6.45) is 0. The minimum absolute atomic E-state index is 0.327. The van der Waals surface area contributed by atoms with Crippen LogP contribution in [0.1, 0.15) is 26.3 Å². The van der Waals surface area contributed by atoms with E-state index in [1.807, 2.05) is 6.07 Å². The predicted molar refractivity (Wildman–Crippen MR) is 95.3 cm³/mol. The highest BCUT2D eigenvalue weighted by molar-refractivity contribution is 6.34. The molecule has 4 rings (SSSR count). The van der Waals surface area contributed by atoms with Crippen LogP contribution in [0.2, 0.25) is 0 Å². The van der Waals surface area contributed by atoms with Crippen molar-refractivity contribution in [1.29, 1.82) is 5.26 Å². The van der Waals surface area contributed by atoms with Gasteiger partial charge in [0.15, 0.2) is 0 Å². The standard InChI is InChI=1S/C21H12N2O3/c22-13-14-5-9-16(10-6-14)26-17-11-7-15(8-12-17)23-20(24)18-3-1-2-4-19(18)21(23)25/h1-12H. The lowest BCUT2D eigenvalue weighted by Gasteiger charge is -2.14. The molecule has 0 bridgehead atoms. The Morgan fingerprint density at radius 3 is 1.73 bits per heavy atom. The van der Waals surface area contributed by atoms with E-state index in [1.54, 1.807) is 72.8 Å². The fourth-order valence-corrected chi connectivity index (χ4v) is 2.82. The Bertz CT molecular complexity index is 1010. The molecule has 1 aliphatic rings. The van der Waals surface area contributed by atoms with Crippen molar-refractivity contribution in [3.8, 4) is 17.6 Å². The third-order valence-corrected chi connectivity index (χ3v) is 4.11. The van der Waals surface area contributed by atoms with Crippen molar-refractivity contribution in [2.24, 2.45) is 0 Å². The fraction of sp³-hybridized carbons (Fsp3) is 0. The summed E-state index contributed by atoms with van der Waals surface area (Å²) in [6.45, 7) is 0. The first-order chi connectivity index (χ1) is 12.7. The molecule has 0 saturated heterocycles. The second kappa shape index (κ2) is 6.19. The van der Waals surface area contributed by atoms with Crippen LogP contribution in [-0.2, 0) is 0 Å². The molecular formula is C21H12N2O3. The van der Waals surface area contributed by atoms with Gasteiger partial charge in [-0.1, -0.05) is 12.1 Å². The largest absolute Gasteiger partial charge is 0.457 e. The number of benzene rings is 3. The first-order valence-corrected chi connectivity index (χ1v) is 7.93. The Balaban J connectivity index is 1.56. The van der Waals surface area contributed by atoms with Crippen molar-refractivity contribution in [1.82, 2.24) is 0 Å². The Labute approximate surface area is 149 Å². The summed E-state index contributed by atoms with van der Waals surface area (Å²) >= 11 is 0. The Morgan fingerprint density at radius 1 is 0.731 bits per heavy atom. The molecule has 0 spiro atoms. The summed E-state index contributed by atoms with van der Waals surface area (Å²) in [7, 11) is 0. The van der Waals surface area contributed by atoms with E-state index >= 15 is 0 Å². The van der Waals surface area contributed by atoms with E-state index in [4.69, 9.17) is 10.00 Å². The summed E-state index contributed by atoms with van der Waals surface area (Å²) in [4.78, 5) is 26.1. The maximum absolute atomic E-state index is 12.5. The van der Waals surface area contributed by atoms with Crippen molar-refractivity contribution in [2.45, 2.75) is 0 Å². The van der Waals surface area contributed by atoms with Gasteiger partial charge >= 0.3 is 0 Å². The van der Waals surface area contributed by atoms with Gasteiger partial charge in [-0.05, 0) is 60.7 Å². The zero-order valence-corrected chi connectivity index (χ0v) is 13.5. The van der Waals surface area contributed by atoms with E-state index < -0.39 is 0 Å². The highest BCUT2D eigenvalue weighted by Gasteiger charge is 2.36. The summed E-state index contributed by atoms with van der Waals surface area (Å²) in [5.74, 6) is 0.505. The topological polar surface area (TPSA) is 70.4 Å². The van der Waals surface area contributed by atoms with Crippen molar-refractivity contribution >= 4 is 17.5 Å². The molecule has 0 fully saturated rings. The molecule has 1 heterocycles. The molecule has 0 N–H and O–H groups in total. The average molecular weight is 340 g/mol. The van der Waals surface area contributed by atoms with Gasteiger partial charge in [0.1, 0.15) is 11.5 Å². The lowest BCUT2D eigenvalue weighted by molar-refractivity contribution is 0.0926. The first kappa shape index (κ1) is 15.6. The second-order valence-electron chi connectivity index (χ2n) is 5.72. The predicted octanol–water partition coefficient (Wildman–Crippen LogP) is 4.15. The molecule has 3 aromatic rings. The number of hydrogen-bond acceptors (Lipinski definition) is 4. The van der Waals surface area contributed by atoms with Crippen LogP contribution in [0, 0.1) is 11.3 Å². The van der Waals surface area contributed by atoms with Crippen LogP contribution in [0.5, 0.6) is 11.5 Å². The van der Waals surface area contributed by atoms with Crippen LogP contribution < -0.4 is 9.64 Å². The summed E-state index contributed by atoms with van der Waals surface area (Å²) in [5, 5.41) is 8.81. The van der Waals surface area contributed by atoms with Gasteiger partial charge in [0.2, 0.25) is 0 Å². The molecule has 5 heteroatoms. The Morgan fingerprint density at radius 2 is 1.23 bits per heavy atom. The summed E-state index contributed by atoms with van der Waals surface area (Å²) in [6, 6.07) is 22.3. The molecule has 3 aromatic carbocycles. The van der Waals surface area contributed by atoms with E-state index in [9.17, 15) is 9.59 Å². The molecule has 0 atom stereocenters. The quantitative estimate of drug-likeness (QED) is 0.672. The molecule has 1 aliphatic heterocycles. The van der Waals surface area contributed by atoms with Crippen LogP contribution in [0.25, 0.3) is 0 Å². The number of hydrogen-bond donors (Lipinski definition) is 0. The van der Waals surface area contributed by atoms with Gasteiger partial charge < -0.3 is 4.74 Å². The van der Waals surface area contributed by atoms with Crippen LogP contribution in [0.15, 0.2) is 72.8 Å². The van der Waals surface area contributed by atoms with Gasteiger partial charge in [0.05, 0.1) is 28.4 Å². The summed E-state index contributed by atoms with van der Waals surface area (Å²) in [5.41, 5.74) is 1.87. The molecule has 26 heavy (non-hydrogen) atoms. The minimum atomic E-state index is -0.327. The highest BCUT2D eigenvalue weighted by atomic mass is 16.5. The number of fused-ring (bicyclic) bond motifs is 1. The molecule has 0 saturated carbocycles. The third-order valence-electron chi connectivity index (χ3n) is 4.11. The number of nitriles is 1. The van der Waals surface area contributed by atoms with Gasteiger partial charge in [-0.15, -0.1) is 0 Å². The van der Waals surface area contributed by atoms with Crippen LogP contribution in [-0.4, -0.2) is 11.8 Å². The Kier molecular flexibility index (Phi) is 3.71. The second-order valence-corrected chi connectivity index (χ2v) is 5.72. The van der Waals surface area contributed by atoms with Crippen molar-refractivity contribution in [2.75, 3.05) is 4.90 Å². The number of nitrogens with zero attached hydrogens (tertiary/aromatic N) is 2. The van der Waals surface area contributed by atoms with Crippen molar-refractivity contribution in [3.63, 3.8) is 0 Å². The molecule has 124 valence electrons. The van der Waals surface area contributed by atoms with E-state index in [-0.39, 0.29) is 11.8 Å². The lowest BCUT2D eigenvalue weighted by Crippen LogP contribution is -2.29. The molecular weight excluding hydrogens is 328 g/mol. The molecule has 5 nitrogen and oxygen atoms in total. The number of ether oxygens (including phenoxy) is 1. The molecule has 0 radical (unpaired) electrons. The molecule has 0 aliphatic carbocycles. The monoisotopic (exact) mass is 340 g/mol. The van der Waals surface area contributed by atoms with Crippen LogP contribution in [0.3, 0.4) is 0 Å². The SMILES string of the molecule is N#Cc1ccc(Oc2ccc(N3C(=O)c4ccccc4C3=O)cc2)cc1. The highest BCUT2D eigenvalue weighted by Crippen LogP contribution is 2.30. The van der Waals surface area contributed by atoms with Crippen LogP contribution in [0.4, 0.5) is 5.69 Å². The van der Waals surface area contributed by atoms with E-state index in [2.05, 4.69) is 0 Å². The lowest BCUT2D eigenvalue weighted by atomic mass is 10.1. The smallest absolute Gasteiger partial charge is 0.266 e. The number of imide groups is 1. The van der Waals surface area contributed by atoms with Gasteiger partial charge in [0.25, 0.3) is 11.8 Å². The zero-order valence-electron chi connectivity index (χ0n) is 13.5. The van der Waals surface area contributed by atoms with Gasteiger partial charge in [-0.3, -0.25) is 9.59 Å². The van der Waals surface area contributed by atoms with Crippen molar-refractivity contribution < 1.29 is 14.3 Å². The van der Waals surface area contributed by atoms with Gasteiger partial charge in [-0.2, -0.15) is 5.26 Å². The number of carbonyl (C=O) groups is 2. The number of rotatable bonds is 3. The van der Waals surface area contributed by atoms with E-state index in [0.29, 0.717) is 33.9 Å².